The molecule has 1 aliphatic rings. The maximum absolute atomic E-state index is 13.1. The first-order chi connectivity index (χ1) is 9.58. The van der Waals surface area contributed by atoms with E-state index < -0.39 is 5.60 Å². The van der Waals surface area contributed by atoms with Gasteiger partial charge in [0.25, 0.3) is 0 Å². The third-order valence-corrected chi connectivity index (χ3v) is 4.99. The predicted molar refractivity (Wildman–Crippen MR) is 77.6 cm³/mol. The average molecular weight is 280 g/mol. The highest BCUT2D eigenvalue weighted by molar-refractivity contribution is 5.19. The molecule has 0 radical (unpaired) electrons. The average Bonchev–Trinajstić information content (AvgIpc) is 2.73. The number of nitrogens with zero attached hydrogens (tertiary/aromatic N) is 1. The zero-order valence-corrected chi connectivity index (χ0v) is 12.2. The minimum atomic E-state index is -1.07. The lowest BCUT2D eigenvalue weighted by atomic mass is 9.64. The molecule has 0 saturated heterocycles. The molecule has 3 N–H and O–H groups in total. The van der Waals surface area contributed by atoms with Crippen LogP contribution in [0.3, 0.4) is 0 Å². The number of aromatic nitrogens is 1. The molecule has 0 bridgehead atoms. The van der Waals surface area contributed by atoms with Crippen molar-refractivity contribution in [2.24, 2.45) is 11.1 Å². The molecule has 0 spiro atoms. The van der Waals surface area contributed by atoms with E-state index in [1.165, 1.54) is 25.1 Å². The van der Waals surface area contributed by atoms with Crippen molar-refractivity contribution in [3.8, 4) is 0 Å². The lowest BCUT2D eigenvalue weighted by Gasteiger charge is -2.46. The van der Waals surface area contributed by atoms with Crippen molar-refractivity contribution in [1.82, 2.24) is 4.98 Å². The number of aliphatic hydroxyl groups is 1. The maximum Gasteiger partial charge on any atom is 0.141 e. The molecule has 1 unspecified atom stereocenters. The van der Waals surface area contributed by atoms with Gasteiger partial charge < -0.3 is 10.8 Å². The Morgan fingerprint density at radius 3 is 2.40 bits per heavy atom. The van der Waals surface area contributed by atoms with Gasteiger partial charge in [-0.15, -0.1) is 0 Å². The van der Waals surface area contributed by atoms with E-state index in [2.05, 4.69) is 4.98 Å². The van der Waals surface area contributed by atoms with E-state index >= 15 is 0 Å². The van der Waals surface area contributed by atoms with Crippen LogP contribution in [0.1, 0.15) is 57.6 Å². The molecule has 0 aromatic carbocycles. The highest BCUT2D eigenvalue weighted by Crippen LogP contribution is 2.49. The summed E-state index contributed by atoms with van der Waals surface area (Å²) in [5, 5.41) is 11.3. The zero-order chi connectivity index (χ0) is 14.6. The molecule has 1 aromatic rings. The fourth-order valence-electron chi connectivity index (χ4n) is 3.64. The van der Waals surface area contributed by atoms with Gasteiger partial charge in [0.2, 0.25) is 0 Å². The van der Waals surface area contributed by atoms with Gasteiger partial charge in [-0.05, 0) is 31.4 Å². The molecule has 1 aromatic heterocycles. The highest BCUT2D eigenvalue weighted by atomic mass is 19.1. The summed E-state index contributed by atoms with van der Waals surface area (Å²) in [6.07, 6.45) is 8.09. The van der Waals surface area contributed by atoms with Crippen LogP contribution in [0, 0.1) is 11.2 Å². The molecule has 4 heteroatoms. The first kappa shape index (κ1) is 15.4. The molecule has 0 aliphatic heterocycles. The lowest BCUT2D eigenvalue weighted by molar-refractivity contribution is -0.103. The van der Waals surface area contributed by atoms with Crippen molar-refractivity contribution in [3.05, 3.63) is 29.8 Å². The smallest absolute Gasteiger partial charge is 0.141 e. The van der Waals surface area contributed by atoms with Gasteiger partial charge in [-0.2, -0.15) is 0 Å². The van der Waals surface area contributed by atoms with Crippen LogP contribution in [-0.2, 0) is 5.60 Å². The Morgan fingerprint density at radius 2 is 1.95 bits per heavy atom. The summed E-state index contributed by atoms with van der Waals surface area (Å²) in [7, 11) is 0. The van der Waals surface area contributed by atoms with Gasteiger partial charge in [0.05, 0.1) is 11.9 Å². The van der Waals surface area contributed by atoms with E-state index in [4.69, 9.17) is 5.73 Å². The highest BCUT2D eigenvalue weighted by Gasteiger charge is 2.49. The Balaban J connectivity index is 2.42. The maximum atomic E-state index is 13.1. The Labute approximate surface area is 120 Å². The number of nitrogens with two attached hydrogens (primary N) is 1. The molecule has 3 nitrogen and oxygen atoms in total. The zero-order valence-electron chi connectivity index (χ0n) is 12.2. The van der Waals surface area contributed by atoms with Crippen molar-refractivity contribution in [1.29, 1.82) is 0 Å². The summed E-state index contributed by atoms with van der Waals surface area (Å²) < 4.78 is 13.1. The Morgan fingerprint density at radius 1 is 1.30 bits per heavy atom. The van der Waals surface area contributed by atoms with E-state index in [1.807, 2.05) is 6.92 Å². The summed E-state index contributed by atoms with van der Waals surface area (Å²) in [4.78, 5) is 4.14. The fourth-order valence-corrected chi connectivity index (χ4v) is 3.64. The van der Waals surface area contributed by atoms with E-state index in [0.717, 1.165) is 25.7 Å². The van der Waals surface area contributed by atoms with Crippen molar-refractivity contribution < 1.29 is 9.50 Å². The topological polar surface area (TPSA) is 59.1 Å². The van der Waals surface area contributed by atoms with E-state index in [9.17, 15) is 9.50 Å². The summed E-state index contributed by atoms with van der Waals surface area (Å²) in [6, 6.07) is 2.96. The summed E-state index contributed by atoms with van der Waals surface area (Å²) in [6.45, 7) is 2.39. The van der Waals surface area contributed by atoms with E-state index in [1.54, 1.807) is 6.07 Å². The number of hydrogen-bond donors (Lipinski definition) is 2. The fraction of sp³-hybridized carbons (Fsp3) is 0.688. The van der Waals surface area contributed by atoms with Crippen molar-refractivity contribution in [2.75, 3.05) is 6.54 Å². The van der Waals surface area contributed by atoms with Crippen molar-refractivity contribution in [2.45, 2.75) is 57.5 Å². The largest absolute Gasteiger partial charge is 0.383 e. The third-order valence-electron chi connectivity index (χ3n) is 4.99. The normalized spacial score (nSPS) is 22.0. The molecular weight excluding hydrogens is 255 g/mol. The summed E-state index contributed by atoms with van der Waals surface area (Å²) in [5.74, 6) is -0.380. The van der Waals surface area contributed by atoms with Gasteiger partial charge in [0, 0.05) is 12.0 Å². The third kappa shape index (κ3) is 2.59. The van der Waals surface area contributed by atoms with Gasteiger partial charge in [-0.25, -0.2) is 4.39 Å². The second-order valence-corrected chi connectivity index (χ2v) is 5.97. The number of halogens is 1. The van der Waals surface area contributed by atoms with Gasteiger partial charge in [-0.3, -0.25) is 4.98 Å². The van der Waals surface area contributed by atoms with Gasteiger partial charge in [-0.1, -0.05) is 32.6 Å². The van der Waals surface area contributed by atoms with Crippen LogP contribution >= 0.6 is 0 Å². The lowest BCUT2D eigenvalue weighted by Crippen LogP contribution is -2.50. The van der Waals surface area contributed by atoms with Crippen LogP contribution in [0.25, 0.3) is 0 Å². The van der Waals surface area contributed by atoms with E-state index in [0.29, 0.717) is 18.7 Å². The molecule has 112 valence electrons. The molecule has 1 saturated carbocycles. The first-order valence-electron chi connectivity index (χ1n) is 7.62. The first-order valence-corrected chi connectivity index (χ1v) is 7.62. The standard InChI is InChI=1S/C16H25FN2O/c1-2-16(20,14-8-7-13(17)11-19-14)15(12-18)9-5-3-4-6-10-15/h7-8,11,20H,2-6,9-10,12,18H2,1H3. The van der Waals surface area contributed by atoms with Gasteiger partial charge in [0.1, 0.15) is 11.4 Å². The van der Waals surface area contributed by atoms with Crippen molar-refractivity contribution in [3.63, 3.8) is 0 Å². The van der Waals surface area contributed by atoms with Crippen LogP contribution in [-0.4, -0.2) is 16.6 Å². The van der Waals surface area contributed by atoms with Crippen molar-refractivity contribution >= 4 is 0 Å². The monoisotopic (exact) mass is 280 g/mol. The molecule has 1 aliphatic carbocycles. The molecule has 0 amide bonds. The van der Waals surface area contributed by atoms with Crippen LogP contribution < -0.4 is 5.73 Å². The predicted octanol–water partition coefficient (Wildman–Crippen LogP) is 3.12. The van der Waals surface area contributed by atoms with E-state index in [-0.39, 0.29) is 11.2 Å². The van der Waals surface area contributed by atoms with Crippen LogP contribution in [0.2, 0.25) is 0 Å². The molecular formula is C16H25FN2O. The molecule has 1 atom stereocenters. The quantitative estimate of drug-likeness (QED) is 0.833. The summed E-state index contributed by atoms with van der Waals surface area (Å²) >= 11 is 0. The van der Waals surface area contributed by atoms with Gasteiger partial charge in [0.15, 0.2) is 0 Å². The molecule has 1 fully saturated rings. The SMILES string of the molecule is CCC(O)(c1ccc(F)cn1)C1(CN)CCCCCC1. The number of rotatable bonds is 4. The number of hydrogen-bond acceptors (Lipinski definition) is 3. The Kier molecular flexibility index (Phi) is 4.76. The second kappa shape index (κ2) is 6.19. The minimum absolute atomic E-state index is 0.344. The summed E-state index contributed by atoms with van der Waals surface area (Å²) in [5.41, 5.74) is 5.21. The minimum Gasteiger partial charge on any atom is -0.383 e. The molecule has 1 heterocycles. The van der Waals surface area contributed by atoms with Gasteiger partial charge >= 0.3 is 0 Å². The second-order valence-electron chi connectivity index (χ2n) is 5.97. The number of pyridine rings is 1. The molecule has 20 heavy (non-hydrogen) atoms. The Hall–Kier alpha value is -1.00. The molecule has 2 rings (SSSR count). The van der Waals surface area contributed by atoms with Crippen LogP contribution in [0.15, 0.2) is 18.3 Å². The van der Waals surface area contributed by atoms with Crippen LogP contribution in [0.5, 0.6) is 0 Å². The van der Waals surface area contributed by atoms with Crippen LogP contribution in [0.4, 0.5) is 4.39 Å². The Bertz CT molecular complexity index is 427.